The Morgan fingerprint density at radius 2 is 2.23 bits per heavy atom. The van der Waals surface area contributed by atoms with Crippen LogP contribution in [0.3, 0.4) is 0 Å². The molecule has 0 fully saturated rings. The average Bonchev–Trinajstić information content (AvgIpc) is 2.01. The van der Waals surface area contributed by atoms with Gasteiger partial charge in [-0.15, -0.1) is 0 Å². The molecule has 5 nitrogen and oxygen atoms in total. The van der Waals surface area contributed by atoms with Crippen LogP contribution in [0.5, 0.6) is 0 Å². The third-order valence-electron chi connectivity index (χ3n) is 1.37. The zero-order valence-electron chi connectivity index (χ0n) is 6.54. The minimum absolute atomic E-state index is 0.0642. The van der Waals surface area contributed by atoms with Gasteiger partial charge in [-0.25, -0.2) is 4.98 Å². The molecular formula is C6H5Br2N3O2. The summed E-state index contributed by atoms with van der Waals surface area (Å²) in [5, 5.41) is 13.3. The van der Waals surface area contributed by atoms with Gasteiger partial charge in [0, 0.05) is 13.1 Å². The number of nitro groups is 1. The summed E-state index contributed by atoms with van der Waals surface area (Å²) >= 11 is 6.15. The van der Waals surface area contributed by atoms with Crippen LogP contribution in [0.2, 0.25) is 0 Å². The van der Waals surface area contributed by atoms with Gasteiger partial charge in [-0.05, 0) is 31.9 Å². The van der Waals surface area contributed by atoms with E-state index >= 15 is 0 Å². The van der Waals surface area contributed by atoms with E-state index in [1.54, 1.807) is 13.1 Å². The fourth-order valence-corrected chi connectivity index (χ4v) is 2.04. The molecule has 7 heteroatoms. The van der Waals surface area contributed by atoms with Crippen LogP contribution in [0.15, 0.2) is 15.3 Å². The number of hydrogen-bond donors (Lipinski definition) is 1. The second-order valence-electron chi connectivity index (χ2n) is 2.14. The van der Waals surface area contributed by atoms with E-state index in [1.807, 2.05) is 0 Å². The Morgan fingerprint density at radius 3 is 2.69 bits per heavy atom. The van der Waals surface area contributed by atoms with Gasteiger partial charge in [-0.2, -0.15) is 0 Å². The van der Waals surface area contributed by atoms with Crippen LogP contribution in [0.1, 0.15) is 0 Å². The number of nitrogens with zero attached hydrogens (tertiary/aromatic N) is 2. The molecule has 0 aliphatic carbocycles. The van der Waals surface area contributed by atoms with Crippen LogP contribution in [0.4, 0.5) is 11.4 Å². The summed E-state index contributed by atoms with van der Waals surface area (Å²) in [5.41, 5.74) is 0.351. The van der Waals surface area contributed by atoms with Crippen LogP contribution in [-0.4, -0.2) is 17.0 Å². The van der Waals surface area contributed by atoms with Gasteiger partial charge in [0.2, 0.25) is 0 Å². The number of aromatic nitrogens is 1. The number of pyridine rings is 1. The van der Waals surface area contributed by atoms with Gasteiger partial charge in [0.1, 0.15) is 10.3 Å². The van der Waals surface area contributed by atoms with Gasteiger partial charge < -0.3 is 5.32 Å². The predicted molar refractivity (Wildman–Crippen MR) is 55.8 cm³/mol. The molecule has 0 aromatic carbocycles. The largest absolute Gasteiger partial charge is 0.382 e. The second-order valence-corrected chi connectivity index (χ2v) is 3.70. The Hall–Kier alpha value is -0.690. The summed E-state index contributed by atoms with van der Waals surface area (Å²) in [6.07, 6.45) is 0. The highest BCUT2D eigenvalue weighted by Gasteiger charge is 2.19. The Morgan fingerprint density at radius 1 is 1.62 bits per heavy atom. The van der Waals surface area contributed by atoms with Crippen LogP contribution in [0, 0.1) is 10.1 Å². The van der Waals surface area contributed by atoms with Crippen molar-refractivity contribution in [1.82, 2.24) is 4.98 Å². The van der Waals surface area contributed by atoms with E-state index in [-0.39, 0.29) is 10.3 Å². The number of hydrogen-bond acceptors (Lipinski definition) is 4. The van der Waals surface area contributed by atoms with Crippen molar-refractivity contribution in [2.24, 2.45) is 0 Å². The van der Waals surface area contributed by atoms with Crippen molar-refractivity contribution >= 4 is 43.2 Å². The molecule has 0 amide bonds. The Bertz CT molecular complexity index is 356. The normalized spacial score (nSPS) is 9.77. The van der Waals surface area contributed by atoms with Gasteiger partial charge in [0.25, 0.3) is 0 Å². The van der Waals surface area contributed by atoms with E-state index in [0.29, 0.717) is 10.3 Å². The van der Waals surface area contributed by atoms with Crippen molar-refractivity contribution in [3.05, 3.63) is 25.4 Å². The van der Waals surface area contributed by atoms with Crippen LogP contribution in [-0.2, 0) is 0 Å². The molecule has 13 heavy (non-hydrogen) atoms. The van der Waals surface area contributed by atoms with E-state index in [0.717, 1.165) is 0 Å². The van der Waals surface area contributed by atoms with E-state index in [2.05, 4.69) is 42.2 Å². The molecule has 1 N–H and O–H groups in total. The number of halogens is 2. The molecule has 0 unspecified atom stereocenters. The van der Waals surface area contributed by atoms with Gasteiger partial charge >= 0.3 is 5.69 Å². The first-order valence-electron chi connectivity index (χ1n) is 3.24. The summed E-state index contributed by atoms with van der Waals surface area (Å²) < 4.78 is 0.741. The highest BCUT2D eigenvalue weighted by molar-refractivity contribution is 9.11. The SMILES string of the molecule is CNc1cc(Br)nc(Br)c1[N+](=O)[O-]. The number of rotatable bonds is 2. The maximum atomic E-state index is 10.6. The molecule has 0 saturated heterocycles. The molecule has 1 aromatic heterocycles. The molecular weight excluding hydrogens is 306 g/mol. The van der Waals surface area contributed by atoms with E-state index in [4.69, 9.17) is 0 Å². The second kappa shape index (κ2) is 4.01. The highest BCUT2D eigenvalue weighted by Crippen LogP contribution is 2.33. The third-order valence-corrected chi connectivity index (χ3v) is 2.33. The van der Waals surface area contributed by atoms with Gasteiger partial charge in [0.15, 0.2) is 4.60 Å². The number of nitrogens with one attached hydrogen (secondary N) is 1. The molecule has 0 radical (unpaired) electrons. The zero-order chi connectivity index (χ0) is 10.0. The maximum absolute atomic E-state index is 10.6. The van der Waals surface area contributed by atoms with E-state index < -0.39 is 4.92 Å². The molecule has 70 valence electrons. The van der Waals surface area contributed by atoms with Gasteiger partial charge in [0.05, 0.1) is 4.92 Å². The Kier molecular flexibility index (Phi) is 3.21. The summed E-state index contributed by atoms with van der Waals surface area (Å²) in [7, 11) is 1.61. The molecule has 1 aromatic rings. The molecule has 1 rings (SSSR count). The van der Waals surface area contributed by atoms with E-state index in [9.17, 15) is 10.1 Å². The first kappa shape index (κ1) is 10.4. The number of anilines is 1. The van der Waals surface area contributed by atoms with Crippen molar-refractivity contribution in [2.45, 2.75) is 0 Å². The quantitative estimate of drug-likeness (QED) is 0.518. The zero-order valence-corrected chi connectivity index (χ0v) is 9.72. The van der Waals surface area contributed by atoms with Gasteiger partial charge in [-0.1, -0.05) is 0 Å². The Labute approximate surface area is 91.0 Å². The lowest BCUT2D eigenvalue weighted by molar-refractivity contribution is -0.385. The standard InChI is InChI=1S/C6H5Br2N3O2/c1-9-3-2-4(7)10-6(8)5(3)11(12)13/h2H,1H3,(H,9,10). The molecule has 0 bridgehead atoms. The third kappa shape index (κ3) is 2.16. The fourth-order valence-electron chi connectivity index (χ4n) is 0.842. The predicted octanol–water partition coefficient (Wildman–Crippen LogP) is 2.56. The lowest BCUT2D eigenvalue weighted by Crippen LogP contribution is -1.99. The van der Waals surface area contributed by atoms with Gasteiger partial charge in [-0.3, -0.25) is 10.1 Å². The van der Waals surface area contributed by atoms with Crippen LogP contribution < -0.4 is 5.32 Å². The summed E-state index contributed by atoms with van der Waals surface area (Å²) in [5.74, 6) is 0. The average molecular weight is 311 g/mol. The lowest BCUT2D eigenvalue weighted by atomic mass is 10.3. The van der Waals surface area contributed by atoms with Crippen LogP contribution >= 0.6 is 31.9 Å². The fraction of sp³-hybridized carbons (Fsp3) is 0.167. The smallest absolute Gasteiger partial charge is 0.324 e. The molecule has 0 spiro atoms. The molecule has 0 atom stereocenters. The minimum atomic E-state index is -0.491. The van der Waals surface area contributed by atoms with Crippen molar-refractivity contribution < 1.29 is 4.92 Å². The lowest BCUT2D eigenvalue weighted by Gasteiger charge is -2.03. The van der Waals surface area contributed by atoms with E-state index in [1.165, 1.54) is 0 Å². The van der Waals surface area contributed by atoms with Crippen molar-refractivity contribution in [3.8, 4) is 0 Å². The first-order valence-corrected chi connectivity index (χ1v) is 4.83. The first-order chi connectivity index (χ1) is 6.06. The highest BCUT2D eigenvalue weighted by atomic mass is 79.9. The maximum Gasteiger partial charge on any atom is 0.324 e. The Balaban J connectivity index is 3.38. The summed E-state index contributed by atoms with van der Waals surface area (Å²) in [6, 6.07) is 1.54. The topological polar surface area (TPSA) is 68.1 Å². The summed E-state index contributed by atoms with van der Waals surface area (Å²) in [4.78, 5) is 14.0. The molecule has 1 heterocycles. The summed E-state index contributed by atoms with van der Waals surface area (Å²) in [6.45, 7) is 0. The van der Waals surface area contributed by atoms with Crippen molar-refractivity contribution in [1.29, 1.82) is 0 Å². The van der Waals surface area contributed by atoms with Crippen LogP contribution in [0.25, 0.3) is 0 Å². The van der Waals surface area contributed by atoms with Crippen molar-refractivity contribution in [3.63, 3.8) is 0 Å². The molecule has 0 aliphatic heterocycles. The molecule has 0 saturated carbocycles. The molecule has 0 aliphatic rings. The minimum Gasteiger partial charge on any atom is -0.382 e. The monoisotopic (exact) mass is 309 g/mol. The van der Waals surface area contributed by atoms with Crippen molar-refractivity contribution in [2.75, 3.05) is 12.4 Å².